The van der Waals surface area contributed by atoms with Crippen LogP contribution in [0.4, 0.5) is 0 Å². The second kappa shape index (κ2) is 3.94. The van der Waals surface area contributed by atoms with E-state index in [1.807, 2.05) is 0 Å². The van der Waals surface area contributed by atoms with E-state index in [4.69, 9.17) is 5.11 Å². The van der Waals surface area contributed by atoms with E-state index in [9.17, 15) is 0 Å². The van der Waals surface area contributed by atoms with Gasteiger partial charge in [-0.05, 0) is 32.4 Å². The summed E-state index contributed by atoms with van der Waals surface area (Å²) in [5.41, 5.74) is 0. The Kier molecular flexibility index (Phi) is 3.16. The molecule has 1 atom stereocenters. The second-order valence-electron chi connectivity index (χ2n) is 2.94. The molecule has 0 radical (unpaired) electrons. The standard InChI is InChI=1S/C8H17NO/c1-2-9-6-3-4-8(9)5-7-10/h8,10H,2-7H2,1H3. The highest BCUT2D eigenvalue weighted by Gasteiger charge is 2.21. The quantitative estimate of drug-likeness (QED) is 0.633. The van der Waals surface area contributed by atoms with Crippen LogP contribution in [0, 0.1) is 0 Å². The first-order chi connectivity index (χ1) is 4.88. The van der Waals surface area contributed by atoms with Gasteiger partial charge in [0.05, 0.1) is 0 Å². The second-order valence-corrected chi connectivity index (χ2v) is 2.94. The molecule has 0 aromatic carbocycles. The van der Waals surface area contributed by atoms with Crippen molar-refractivity contribution in [3.05, 3.63) is 0 Å². The minimum absolute atomic E-state index is 0.348. The molecule has 2 nitrogen and oxygen atoms in total. The highest BCUT2D eigenvalue weighted by atomic mass is 16.3. The van der Waals surface area contributed by atoms with Crippen LogP contribution in [0.25, 0.3) is 0 Å². The van der Waals surface area contributed by atoms with E-state index >= 15 is 0 Å². The van der Waals surface area contributed by atoms with E-state index in [-0.39, 0.29) is 0 Å². The summed E-state index contributed by atoms with van der Waals surface area (Å²) in [5, 5.41) is 8.71. The highest BCUT2D eigenvalue weighted by molar-refractivity contribution is 4.77. The Morgan fingerprint density at radius 2 is 2.40 bits per heavy atom. The molecule has 0 saturated carbocycles. The predicted octanol–water partition coefficient (Wildman–Crippen LogP) is 0.853. The van der Waals surface area contributed by atoms with Gasteiger partial charge in [0.2, 0.25) is 0 Å². The average Bonchev–Trinajstić information content (AvgIpc) is 2.36. The van der Waals surface area contributed by atoms with Crippen molar-refractivity contribution in [3.63, 3.8) is 0 Å². The topological polar surface area (TPSA) is 23.5 Å². The number of likely N-dealkylation sites (tertiary alicyclic amines) is 1. The van der Waals surface area contributed by atoms with Crippen LogP contribution < -0.4 is 0 Å². The molecule has 0 spiro atoms. The van der Waals surface area contributed by atoms with E-state index in [0.717, 1.165) is 13.0 Å². The Morgan fingerprint density at radius 1 is 1.60 bits per heavy atom. The Balaban J connectivity index is 2.27. The van der Waals surface area contributed by atoms with Crippen molar-refractivity contribution in [2.75, 3.05) is 19.7 Å². The van der Waals surface area contributed by atoms with Gasteiger partial charge in [-0.3, -0.25) is 0 Å². The molecule has 0 bridgehead atoms. The lowest BCUT2D eigenvalue weighted by atomic mass is 10.1. The number of rotatable bonds is 3. The average molecular weight is 143 g/mol. The van der Waals surface area contributed by atoms with E-state index in [2.05, 4.69) is 11.8 Å². The number of hydrogen-bond acceptors (Lipinski definition) is 2. The first-order valence-corrected chi connectivity index (χ1v) is 4.23. The monoisotopic (exact) mass is 143 g/mol. The Labute approximate surface area is 62.8 Å². The fourth-order valence-electron chi connectivity index (χ4n) is 1.79. The zero-order valence-electron chi connectivity index (χ0n) is 6.71. The molecular weight excluding hydrogens is 126 g/mol. The van der Waals surface area contributed by atoms with E-state index < -0.39 is 0 Å². The molecular formula is C8H17NO. The maximum Gasteiger partial charge on any atom is 0.0445 e. The van der Waals surface area contributed by atoms with Crippen molar-refractivity contribution in [2.24, 2.45) is 0 Å². The van der Waals surface area contributed by atoms with Crippen LogP contribution >= 0.6 is 0 Å². The van der Waals surface area contributed by atoms with Gasteiger partial charge in [0.15, 0.2) is 0 Å². The molecule has 0 aliphatic carbocycles. The van der Waals surface area contributed by atoms with Gasteiger partial charge in [0, 0.05) is 12.6 Å². The number of hydrogen-bond donors (Lipinski definition) is 1. The molecule has 60 valence electrons. The third kappa shape index (κ3) is 1.70. The predicted molar refractivity (Wildman–Crippen MR) is 42.0 cm³/mol. The Morgan fingerprint density at radius 3 is 3.00 bits per heavy atom. The van der Waals surface area contributed by atoms with E-state index in [0.29, 0.717) is 12.6 Å². The van der Waals surface area contributed by atoms with E-state index in [1.165, 1.54) is 19.4 Å². The van der Waals surface area contributed by atoms with Crippen LogP contribution in [0.15, 0.2) is 0 Å². The number of aliphatic hydroxyl groups is 1. The van der Waals surface area contributed by atoms with Crippen molar-refractivity contribution in [2.45, 2.75) is 32.2 Å². The van der Waals surface area contributed by atoms with Crippen LogP contribution in [0.5, 0.6) is 0 Å². The lowest BCUT2D eigenvalue weighted by Gasteiger charge is -2.21. The van der Waals surface area contributed by atoms with Gasteiger partial charge in [0.25, 0.3) is 0 Å². The van der Waals surface area contributed by atoms with Gasteiger partial charge in [0.1, 0.15) is 0 Å². The first kappa shape index (κ1) is 8.02. The normalized spacial score (nSPS) is 27.6. The summed E-state index contributed by atoms with van der Waals surface area (Å²) in [5.74, 6) is 0. The summed E-state index contributed by atoms with van der Waals surface area (Å²) < 4.78 is 0. The third-order valence-electron chi connectivity index (χ3n) is 2.37. The van der Waals surface area contributed by atoms with Crippen molar-refractivity contribution in [1.82, 2.24) is 4.90 Å². The SMILES string of the molecule is CCN1CCCC1CCO. The van der Waals surface area contributed by atoms with Crippen LogP contribution in [0.1, 0.15) is 26.2 Å². The summed E-state index contributed by atoms with van der Waals surface area (Å²) in [4.78, 5) is 2.45. The highest BCUT2D eigenvalue weighted by Crippen LogP contribution is 2.18. The van der Waals surface area contributed by atoms with Gasteiger partial charge in [-0.2, -0.15) is 0 Å². The lowest BCUT2D eigenvalue weighted by molar-refractivity contribution is 0.201. The molecule has 0 amide bonds. The molecule has 1 fully saturated rings. The molecule has 10 heavy (non-hydrogen) atoms. The van der Waals surface area contributed by atoms with Gasteiger partial charge in [-0.15, -0.1) is 0 Å². The van der Waals surface area contributed by atoms with Crippen molar-refractivity contribution >= 4 is 0 Å². The van der Waals surface area contributed by atoms with Crippen LogP contribution in [0.2, 0.25) is 0 Å². The maximum absolute atomic E-state index is 8.71. The van der Waals surface area contributed by atoms with Crippen molar-refractivity contribution in [1.29, 1.82) is 0 Å². The number of nitrogens with zero attached hydrogens (tertiary/aromatic N) is 1. The molecule has 1 aliphatic rings. The molecule has 1 saturated heterocycles. The minimum Gasteiger partial charge on any atom is -0.396 e. The molecule has 1 rings (SSSR count). The molecule has 1 heterocycles. The molecule has 0 aromatic rings. The Hall–Kier alpha value is -0.0800. The summed E-state index contributed by atoms with van der Waals surface area (Å²) >= 11 is 0. The molecule has 1 unspecified atom stereocenters. The van der Waals surface area contributed by atoms with Gasteiger partial charge >= 0.3 is 0 Å². The summed E-state index contributed by atoms with van der Waals surface area (Å²) in [7, 11) is 0. The van der Waals surface area contributed by atoms with Crippen molar-refractivity contribution in [3.8, 4) is 0 Å². The smallest absolute Gasteiger partial charge is 0.0445 e. The third-order valence-corrected chi connectivity index (χ3v) is 2.37. The van der Waals surface area contributed by atoms with Gasteiger partial charge in [-0.1, -0.05) is 6.92 Å². The molecule has 1 aliphatic heterocycles. The van der Waals surface area contributed by atoms with Crippen LogP contribution in [-0.2, 0) is 0 Å². The van der Waals surface area contributed by atoms with E-state index in [1.54, 1.807) is 0 Å². The zero-order chi connectivity index (χ0) is 7.40. The number of aliphatic hydroxyl groups excluding tert-OH is 1. The Bertz CT molecular complexity index is 95.3. The summed E-state index contributed by atoms with van der Waals surface area (Å²) in [6, 6.07) is 0.676. The molecule has 1 N–H and O–H groups in total. The molecule has 2 heteroatoms. The zero-order valence-corrected chi connectivity index (χ0v) is 6.71. The minimum atomic E-state index is 0.348. The molecule has 0 aromatic heterocycles. The lowest BCUT2D eigenvalue weighted by Crippen LogP contribution is -2.29. The van der Waals surface area contributed by atoms with Crippen LogP contribution in [0.3, 0.4) is 0 Å². The fraction of sp³-hybridized carbons (Fsp3) is 1.00. The largest absolute Gasteiger partial charge is 0.396 e. The van der Waals surface area contributed by atoms with Gasteiger partial charge in [-0.25, -0.2) is 0 Å². The van der Waals surface area contributed by atoms with Gasteiger partial charge < -0.3 is 10.0 Å². The first-order valence-electron chi connectivity index (χ1n) is 4.23. The summed E-state index contributed by atoms with van der Waals surface area (Å²) in [6.45, 7) is 4.92. The fourth-order valence-corrected chi connectivity index (χ4v) is 1.79. The maximum atomic E-state index is 8.71. The summed E-state index contributed by atoms with van der Waals surface area (Å²) in [6.07, 6.45) is 3.57. The van der Waals surface area contributed by atoms with Crippen LogP contribution in [-0.4, -0.2) is 35.7 Å². The van der Waals surface area contributed by atoms with Crippen molar-refractivity contribution < 1.29 is 5.11 Å².